The highest BCUT2D eigenvalue weighted by atomic mass is 16.5. The van der Waals surface area contributed by atoms with Crippen molar-refractivity contribution in [2.24, 2.45) is 0 Å². The van der Waals surface area contributed by atoms with E-state index in [0.717, 1.165) is 0 Å². The number of allylic oxidation sites excluding steroid dienone is 1. The van der Waals surface area contributed by atoms with E-state index in [1.807, 2.05) is 6.07 Å². The molecule has 0 fully saturated rings. The van der Waals surface area contributed by atoms with Gasteiger partial charge in [-0.15, -0.1) is 0 Å². The number of ether oxygens (including phenoxy) is 2. The number of nitriles is 1. The molecule has 0 saturated heterocycles. The van der Waals surface area contributed by atoms with Crippen molar-refractivity contribution in [2.45, 2.75) is 6.92 Å². The maximum atomic E-state index is 12.6. The van der Waals surface area contributed by atoms with E-state index in [2.05, 4.69) is 10.6 Å². The molecule has 2 aromatic rings. The number of methoxy groups -OCH3 is 1. The van der Waals surface area contributed by atoms with Crippen molar-refractivity contribution in [3.05, 3.63) is 60.3 Å². The van der Waals surface area contributed by atoms with Gasteiger partial charge in [0.1, 0.15) is 11.5 Å². The average Bonchev–Trinajstić information content (AvgIpc) is 2.63. The molecule has 7 nitrogen and oxygen atoms in total. The summed E-state index contributed by atoms with van der Waals surface area (Å²) in [5.41, 5.74) is 0.860. The van der Waals surface area contributed by atoms with Crippen LogP contribution in [-0.4, -0.2) is 19.0 Å². The lowest BCUT2D eigenvalue weighted by Crippen LogP contribution is -2.14. The van der Waals surface area contributed by atoms with Gasteiger partial charge in [0.25, 0.3) is 0 Å². The van der Waals surface area contributed by atoms with Crippen LogP contribution in [0.15, 0.2) is 54.7 Å². The van der Waals surface area contributed by atoms with Gasteiger partial charge >= 0.3 is 5.97 Å². The van der Waals surface area contributed by atoms with Gasteiger partial charge in [0.2, 0.25) is 5.91 Å². The van der Waals surface area contributed by atoms with Crippen molar-refractivity contribution < 1.29 is 19.1 Å². The van der Waals surface area contributed by atoms with Crippen LogP contribution in [0, 0.1) is 11.3 Å². The normalized spacial score (nSPS) is 10.0. The van der Waals surface area contributed by atoms with E-state index in [1.165, 1.54) is 38.4 Å². The number of hydrogen-bond donors (Lipinski definition) is 2. The van der Waals surface area contributed by atoms with Gasteiger partial charge in [0, 0.05) is 25.3 Å². The van der Waals surface area contributed by atoms with Gasteiger partial charge in [-0.25, -0.2) is 4.79 Å². The van der Waals surface area contributed by atoms with Crippen LogP contribution in [0.25, 0.3) is 0 Å². The largest absolute Gasteiger partial charge is 0.494 e. The molecule has 2 rings (SSSR count). The molecule has 0 aromatic heterocycles. The number of rotatable bonds is 6. The van der Waals surface area contributed by atoms with Gasteiger partial charge in [-0.1, -0.05) is 18.2 Å². The summed E-state index contributed by atoms with van der Waals surface area (Å²) in [4.78, 5) is 24.0. The van der Waals surface area contributed by atoms with E-state index in [9.17, 15) is 9.59 Å². The number of nitrogens with one attached hydrogen (secondary N) is 2. The SMILES string of the molecule is COc1cc(N/C=C/C#N)c(C(=O)Oc2ccccc2)cc1NC(C)=O. The highest BCUT2D eigenvalue weighted by Gasteiger charge is 2.18. The van der Waals surface area contributed by atoms with Crippen molar-refractivity contribution in [1.29, 1.82) is 5.26 Å². The molecule has 0 radical (unpaired) electrons. The molecule has 0 atom stereocenters. The number of benzene rings is 2. The molecule has 7 heteroatoms. The standard InChI is InChI=1S/C19H17N3O4/c1-13(23)22-17-11-15(19(24)26-14-7-4-3-5-8-14)16(12-18(17)25-2)21-10-6-9-20/h3-8,10-12,21H,1-2H3,(H,22,23)/b10-6+. The Balaban J connectivity index is 2.44. The number of anilines is 2. The Morgan fingerprint density at radius 1 is 1.15 bits per heavy atom. The minimum Gasteiger partial charge on any atom is -0.494 e. The van der Waals surface area contributed by atoms with Crippen LogP contribution in [0.4, 0.5) is 11.4 Å². The molecule has 0 spiro atoms. The number of para-hydroxylation sites is 1. The Morgan fingerprint density at radius 3 is 2.50 bits per heavy atom. The van der Waals surface area contributed by atoms with Gasteiger partial charge < -0.3 is 20.1 Å². The zero-order chi connectivity index (χ0) is 18.9. The van der Waals surface area contributed by atoms with Crippen molar-refractivity contribution in [3.8, 4) is 17.6 Å². The highest BCUT2D eigenvalue weighted by molar-refractivity contribution is 6.01. The van der Waals surface area contributed by atoms with E-state index in [0.29, 0.717) is 22.9 Å². The summed E-state index contributed by atoms with van der Waals surface area (Å²) in [6, 6.07) is 13.4. The molecule has 0 aliphatic rings. The predicted octanol–water partition coefficient (Wildman–Crippen LogP) is 3.32. The summed E-state index contributed by atoms with van der Waals surface area (Å²) >= 11 is 0. The molecule has 0 unspecified atom stereocenters. The van der Waals surface area contributed by atoms with E-state index in [1.54, 1.807) is 30.3 Å². The molecule has 132 valence electrons. The molecular formula is C19H17N3O4. The van der Waals surface area contributed by atoms with Crippen molar-refractivity contribution in [3.63, 3.8) is 0 Å². The number of esters is 1. The van der Waals surface area contributed by atoms with Crippen LogP contribution in [0.1, 0.15) is 17.3 Å². The third-order valence-corrected chi connectivity index (χ3v) is 3.22. The fourth-order valence-corrected chi connectivity index (χ4v) is 2.14. The van der Waals surface area contributed by atoms with Gasteiger partial charge in [-0.3, -0.25) is 4.79 Å². The first kappa shape index (κ1) is 18.5. The molecule has 1 amide bonds. The molecule has 0 saturated carbocycles. The Hall–Kier alpha value is -3.79. The van der Waals surface area contributed by atoms with Crippen LogP contribution in [0.2, 0.25) is 0 Å². The first-order valence-corrected chi connectivity index (χ1v) is 7.63. The number of amides is 1. The predicted molar refractivity (Wildman–Crippen MR) is 97.1 cm³/mol. The van der Waals surface area contributed by atoms with Gasteiger partial charge in [0.15, 0.2) is 0 Å². The summed E-state index contributed by atoms with van der Waals surface area (Å²) in [6.45, 7) is 1.35. The first-order chi connectivity index (χ1) is 12.5. The first-order valence-electron chi connectivity index (χ1n) is 7.63. The fraction of sp³-hybridized carbons (Fsp3) is 0.105. The third-order valence-electron chi connectivity index (χ3n) is 3.22. The molecule has 2 N–H and O–H groups in total. The zero-order valence-electron chi connectivity index (χ0n) is 14.3. The highest BCUT2D eigenvalue weighted by Crippen LogP contribution is 2.32. The lowest BCUT2D eigenvalue weighted by atomic mass is 10.1. The molecule has 0 aliphatic heterocycles. The number of carbonyl (C=O) groups is 2. The topological polar surface area (TPSA) is 100 Å². The maximum Gasteiger partial charge on any atom is 0.345 e. The Labute approximate surface area is 150 Å². The maximum absolute atomic E-state index is 12.6. The second kappa shape index (κ2) is 8.89. The molecule has 2 aromatic carbocycles. The minimum atomic E-state index is -0.627. The Bertz CT molecular complexity index is 870. The van der Waals surface area contributed by atoms with Crippen LogP contribution < -0.4 is 20.1 Å². The third kappa shape index (κ3) is 4.85. The van der Waals surface area contributed by atoms with Gasteiger partial charge in [0.05, 0.1) is 30.1 Å². The summed E-state index contributed by atoms with van der Waals surface area (Å²) in [7, 11) is 1.44. The number of carbonyl (C=O) groups excluding carboxylic acids is 2. The second-order valence-electron chi connectivity index (χ2n) is 5.09. The van der Waals surface area contributed by atoms with Crippen molar-refractivity contribution >= 4 is 23.3 Å². The van der Waals surface area contributed by atoms with Gasteiger partial charge in [-0.05, 0) is 18.2 Å². The quantitative estimate of drug-likeness (QED) is 0.470. The van der Waals surface area contributed by atoms with E-state index < -0.39 is 5.97 Å². The lowest BCUT2D eigenvalue weighted by Gasteiger charge is -2.15. The number of hydrogen-bond acceptors (Lipinski definition) is 6. The van der Waals surface area contributed by atoms with Crippen LogP contribution >= 0.6 is 0 Å². The number of nitrogens with zero attached hydrogens (tertiary/aromatic N) is 1. The molecular weight excluding hydrogens is 334 g/mol. The van der Waals surface area contributed by atoms with Crippen LogP contribution in [-0.2, 0) is 4.79 Å². The summed E-state index contributed by atoms with van der Waals surface area (Å²) in [6.07, 6.45) is 2.60. The van der Waals surface area contributed by atoms with Crippen LogP contribution in [0.3, 0.4) is 0 Å². The van der Waals surface area contributed by atoms with E-state index in [-0.39, 0.29) is 11.5 Å². The molecule has 0 aliphatic carbocycles. The molecule has 0 heterocycles. The fourth-order valence-electron chi connectivity index (χ4n) is 2.14. The van der Waals surface area contributed by atoms with Crippen molar-refractivity contribution in [2.75, 3.05) is 17.7 Å². The van der Waals surface area contributed by atoms with E-state index >= 15 is 0 Å². The average molecular weight is 351 g/mol. The molecule has 26 heavy (non-hydrogen) atoms. The Morgan fingerprint density at radius 2 is 1.88 bits per heavy atom. The monoisotopic (exact) mass is 351 g/mol. The van der Waals surface area contributed by atoms with E-state index in [4.69, 9.17) is 14.7 Å². The summed E-state index contributed by atoms with van der Waals surface area (Å²) in [5.74, 6) is -0.202. The zero-order valence-corrected chi connectivity index (χ0v) is 14.3. The summed E-state index contributed by atoms with van der Waals surface area (Å²) < 4.78 is 10.6. The Kier molecular flexibility index (Phi) is 6.34. The molecule has 0 bridgehead atoms. The van der Waals surface area contributed by atoms with Gasteiger partial charge in [-0.2, -0.15) is 5.26 Å². The minimum absolute atomic E-state index is 0.168. The smallest absolute Gasteiger partial charge is 0.345 e. The lowest BCUT2D eigenvalue weighted by molar-refractivity contribution is -0.114. The van der Waals surface area contributed by atoms with Crippen LogP contribution in [0.5, 0.6) is 11.5 Å². The summed E-state index contributed by atoms with van der Waals surface area (Å²) in [5, 5.41) is 14.1. The van der Waals surface area contributed by atoms with Crippen molar-refractivity contribution in [1.82, 2.24) is 0 Å². The second-order valence-corrected chi connectivity index (χ2v) is 5.09.